The van der Waals surface area contributed by atoms with Crippen LogP contribution in [0.2, 0.25) is 10.0 Å². The first kappa shape index (κ1) is 19.5. The number of aromatic amines is 1. The van der Waals surface area contributed by atoms with E-state index >= 15 is 0 Å². The highest BCUT2D eigenvalue weighted by Gasteiger charge is 2.25. The van der Waals surface area contributed by atoms with Gasteiger partial charge in [0.15, 0.2) is 0 Å². The number of H-pyrrole nitrogens is 1. The zero-order valence-electron chi connectivity index (χ0n) is 13.9. The number of aliphatic carboxylic acids is 1. The van der Waals surface area contributed by atoms with Crippen molar-refractivity contribution in [2.24, 2.45) is 0 Å². The number of fused-ring (bicyclic) bond motifs is 1. The second-order valence-corrected chi connectivity index (χ2v) is 6.70. The van der Waals surface area contributed by atoms with Crippen molar-refractivity contribution in [2.45, 2.75) is 44.9 Å². The Morgan fingerprint density at radius 2 is 2.00 bits per heavy atom. The number of imidazole rings is 1. The van der Waals surface area contributed by atoms with Gasteiger partial charge in [0.1, 0.15) is 5.82 Å². The molecule has 2 rings (SSSR count). The summed E-state index contributed by atoms with van der Waals surface area (Å²) in [7, 11) is 0. The van der Waals surface area contributed by atoms with Crippen molar-refractivity contribution in [2.75, 3.05) is 6.54 Å². The molecular weight excluding hydrogens is 365 g/mol. The predicted octanol–water partition coefficient (Wildman–Crippen LogP) is 4.12. The SMILES string of the molecule is CCCCCNC(=O)C(CCC(=O)O)c1nc2cc(Cl)c(Cl)cc2[nH]1. The Hall–Kier alpha value is -1.79. The van der Waals surface area contributed by atoms with Gasteiger partial charge >= 0.3 is 5.97 Å². The molecule has 0 radical (unpaired) electrons. The van der Waals surface area contributed by atoms with Crippen LogP contribution >= 0.6 is 23.2 Å². The smallest absolute Gasteiger partial charge is 0.303 e. The molecule has 136 valence electrons. The van der Waals surface area contributed by atoms with Crippen LogP contribution in [-0.2, 0) is 9.59 Å². The molecule has 6 nitrogen and oxygen atoms in total. The number of aromatic nitrogens is 2. The van der Waals surface area contributed by atoms with Gasteiger partial charge in [-0.25, -0.2) is 4.98 Å². The number of halogens is 2. The third kappa shape index (κ3) is 5.34. The maximum absolute atomic E-state index is 12.5. The van der Waals surface area contributed by atoms with Gasteiger partial charge in [0.2, 0.25) is 5.91 Å². The minimum Gasteiger partial charge on any atom is -0.481 e. The maximum atomic E-state index is 12.5. The molecule has 1 unspecified atom stereocenters. The van der Waals surface area contributed by atoms with Gasteiger partial charge < -0.3 is 15.4 Å². The van der Waals surface area contributed by atoms with Crippen LogP contribution in [0.5, 0.6) is 0 Å². The van der Waals surface area contributed by atoms with Crippen molar-refractivity contribution < 1.29 is 14.7 Å². The van der Waals surface area contributed by atoms with E-state index in [1.807, 2.05) is 0 Å². The Morgan fingerprint density at radius 1 is 1.28 bits per heavy atom. The van der Waals surface area contributed by atoms with Crippen molar-refractivity contribution in [3.63, 3.8) is 0 Å². The second-order valence-electron chi connectivity index (χ2n) is 5.89. The number of nitrogens with one attached hydrogen (secondary N) is 2. The molecule has 0 aliphatic carbocycles. The lowest BCUT2D eigenvalue weighted by Gasteiger charge is -2.14. The van der Waals surface area contributed by atoms with E-state index in [1.54, 1.807) is 12.1 Å². The average Bonchev–Trinajstić information content (AvgIpc) is 2.94. The van der Waals surface area contributed by atoms with Crippen molar-refractivity contribution in [3.05, 3.63) is 28.0 Å². The Balaban J connectivity index is 2.21. The molecule has 3 N–H and O–H groups in total. The number of carboxylic acid groups (broad SMARTS) is 1. The van der Waals surface area contributed by atoms with E-state index in [1.165, 1.54) is 0 Å². The molecule has 1 atom stereocenters. The van der Waals surface area contributed by atoms with Crippen LogP contribution in [0.3, 0.4) is 0 Å². The third-order valence-corrected chi connectivity index (χ3v) is 4.64. The summed E-state index contributed by atoms with van der Waals surface area (Å²) >= 11 is 12.0. The number of amides is 1. The zero-order valence-corrected chi connectivity index (χ0v) is 15.5. The Bertz CT molecular complexity index is 722. The number of benzene rings is 1. The van der Waals surface area contributed by atoms with Crippen LogP contribution in [0, 0.1) is 0 Å². The summed E-state index contributed by atoms with van der Waals surface area (Å²) < 4.78 is 0. The molecule has 0 fully saturated rings. The monoisotopic (exact) mass is 385 g/mol. The fourth-order valence-electron chi connectivity index (χ4n) is 2.56. The first-order chi connectivity index (χ1) is 11.9. The second kappa shape index (κ2) is 9.06. The average molecular weight is 386 g/mol. The summed E-state index contributed by atoms with van der Waals surface area (Å²) in [4.78, 5) is 30.9. The predicted molar refractivity (Wildman–Crippen MR) is 98.3 cm³/mol. The van der Waals surface area contributed by atoms with E-state index in [0.717, 1.165) is 19.3 Å². The number of carboxylic acids is 1. The summed E-state index contributed by atoms with van der Waals surface area (Å²) in [5, 5.41) is 12.6. The number of unbranched alkanes of at least 4 members (excludes halogenated alkanes) is 2. The van der Waals surface area contributed by atoms with Gasteiger partial charge in [0.25, 0.3) is 0 Å². The summed E-state index contributed by atoms with van der Waals surface area (Å²) in [5.41, 5.74) is 1.24. The number of hydrogen-bond acceptors (Lipinski definition) is 3. The molecule has 0 aliphatic heterocycles. The maximum Gasteiger partial charge on any atom is 0.303 e. The van der Waals surface area contributed by atoms with Crippen molar-refractivity contribution >= 4 is 46.1 Å². The largest absolute Gasteiger partial charge is 0.481 e. The molecule has 1 aromatic carbocycles. The number of hydrogen-bond donors (Lipinski definition) is 3. The topological polar surface area (TPSA) is 95.1 Å². The van der Waals surface area contributed by atoms with Crippen molar-refractivity contribution in [1.29, 1.82) is 0 Å². The van der Waals surface area contributed by atoms with E-state index < -0.39 is 11.9 Å². The highest BCUT2D eigenvalue weighted by atomic mass is 35.5. The van der Waals surface area contributed by atoms with E-state index in [9.17, 15) is 9.59 Å². The molecule has 1 amide bonds. The molecular formula is C17H21Cl2N3O3. The Morgan fingerprint density at radius 3 is 2.68 bits per heavy atom. The molecule has 8 heteroatoms. The van der Waals surface area contributed by atoms with E-state index in [4.69, 9.17) is 28.3 Å². The van der Waals surface area contributed by atoms with Gasteiger partial charge in [-0.1, -0.05) is 43.0 Å². The van der Waals surface area contributed by atoms with E-state index in [-0.39, 0.29) is 18.7 Å². The fourth-order valence-corrected chi connectivity index (χ4v) is 2.88. The van der Waals surface area contributed by atoms with E-state index in [0.29, 0.717) is 33.4 Å². The lowest BCUT2D eigenvalue weighted by molar-refractivity contribution is -0.137. The van der Waals surface area contributed by atoms with Gasteiger partial charge in [-0.3, -0.25) is 9.59 Å². The van der Waals surface area contributed by atoms with Crippen molar-refractivity contribution in [3.8, 4) is 0 Å². The van der Waals surface area contributed by atoms with Gasteiger partial charge in [-0.05, 0) is 25.0 Å². The first-order valence-corrected chi connectivity index (χ1v) is 9.02. The van der Waals surface area contributed by atoms with Crippen molar-refractivity contribution in [1.82, 2.24) is 15.3 Å². The first-order valence-electron chi connectivity index (χ1n) is 8.26. The molecule has 2 aromatic rings. The summed E-state index contributed by atoms with van der Waals surface area (Å²) in [6.45, 7) is 2.65. The highest BCUT2D eigenvalue weighted by molar-refractivity contribution is 6.42. The van der Waals surface area contributed by atoms with Crippen LogP contribution in [0.15, 0.2) is 12.1 Å². The van der Waals surface area contributed by atoms with Gasteiger partial charge in [0.05, 0.1) is 27.0 Å². The normalized spacial score (nSPS) is 12.3. The molecule has 0 spiro atoms. The number of carbonyl (C=O) groups is 2. The van der Waals surface area contributed by atoms with Gasteiger partial charge in [0, 0.05) is 13.0 Å². The molecule has 0 saturated heterocycles. The summed E-state index contributed by atoms with van der Waals surface area (Å²) in [5.74, 6) is -1.43. The quantitative estimate of drug-likeness (QED) is 0.565. The number of nitrogens with zero attached hydrogens (tertiary/aromatic N) is 1. The summed E-state index contributed by atoms with van der Waals surface area (Å²) in [6.07, 6.45) is 3.02. The summed E-state index contributed by atoms with van der Waals surface area (Å²) in [6, 6.07) is 3.26. The fraction of sp³-hybridized carbons (Fsp3) is 0.471. The van der Waals surface area contributed by atoms with Crippen LogP contribution in [0.4, 0.5) is 0 Å². The highest BCUT2D eigenvalue weighted by Crippen LogP contribution is 2.29. The minimum absolute atomic E-state index is 0.119. The van der Waals surface area contributed by atoms with Crippen LogP contribution in [-0.4, -0.2) is 33.5 Å². The Labute approximate surface area is 155 Å². The van der Waals surface area contributed by atoms with Crippen LogP contribution in [0.25, 0.3) is 11.0 Å². The molecule has 0 aliphatic rings. The molecule has 0 saturated carbocycles. The third-order valence-electron chi connectivity index (χ3n) is 3.92. The van der Waals surface area contributed by atoms with E-state index in [2.05, 4.69) is 22.2 Å². The molecule has 1 aromatic heterocycles. The lowest BCUT2D eigenvalue weighted by Crippen LogP contribution is -2.31. The van der Waals surface area contributed by atoms with Crippen LogP contribution in [0.1, 0.15) is 50.8 Å². The lowest BCUT2D eigenvalue weighted by atomic mass is 10.0. The van der Waals surface area contributed by atoms with Crippen LogP contribution < -0.4 is 5.32 Å². The minimum atomic E-state index is -0.953. The van der Waals surface area contributed by atoms with Gasteiger partial charge in [-0.15, -0.1) is 0 Å². The Kier molecular flexibility index (Phi) is 7.08. The zero-order chi connectivity index (χ0) is 18.4. The number of rotatable bonds is 9. The standard InChI is InChI=1S/C17H21Cl2N3O3/c1-2-3-4-7-20-17(25)10(5-6-15(23)24)16-21-13-8-11(18)12(19)9-14(13)22-16/h8-10H,2-7H2,1H3,(H,20,25)(H,21,22)(H,23,24). The molecule has 25 heavy (non-hydrogen) atoms. The number of carbonyl (C=O) groups excluding carboxylic acids is 1. The molecule has 1 heterocycles. The molecule has 0 bridgehead atoms. The van der Waals surface area contributed by atoms with Gasteiger partial charge in [-0.2, -0.15) is 0 Å².